The van der Waals surface area contributed by atoms with Crippen LogP contribution in [-0.2, 0) is 11.8 Å². The van der Waals surface area contributed by atoms with Crippen molar-refractivity contribution >= 4 is 33.3 Å². The highest BCUT2D eigenvalue weighted by Crippen LogP contribution is 2.29. The van der Waals surface area contributed by atoms with Gasteiger partial charge in [-0.3, -0.25) is 4.79 Å². The third-order valence-electron chi connectivity index (χ3n) is 3.53. The fourth-order valence-corrected chi connectivity index (χ4v) is 2.43. The Morgan fingerprint density at radius 2 is 2.08 bits per heavy atom. The Balaban J connectivity index is 2.05. The van der Waals surface area contributed by atoms with Crippen LogP contribution in [0.25, 0.3) is 0 Å². The highest BCUT2D eigenvalue weighted by Gasteiger charge is 2.29. The number of pyridine rings is 1. The Kier molecular flexibility index (Phi) is 4.40. The zero-order valence-corrected chi connectivity index (χ0v) is 14.2. The summed E-state index contributed by atoms with van der Waals surface area (Å²) >= 11 is 3.12. The van der Waals surface area contributed by atoms with Crippen LogP contribution in [0.5, 0.6) is 0 Å². The minimum absolute atomic E-state index is 0.0641. The molecule has 8 heteroatoms. The molecule has 0 aliphatic heterocycles. The third kappa shape index (κ3) is 3.33. The second-order valence-electron chi connectivity index (χ2n) is 5.50. The number of anilines is 2. The SMILES string of the molecule is Cn1cc(C(=O)OC2CC2)c(Nc2ccc(Br)cc2F)c(F)c1=O. The zero-order chi connectivity index (χ0) is 17.4. The minimum Gasteiger partial charge on any atom is -0.459 e. The van der Waals surface area contributed by atoms with Crippen LogP contribution >= 0.6 is 15.9 Å². The van der Waals surface area contributed by atoms with E-state index in [-0.39, 0.29) is 17.4 Å². The van der Waals surface area contributed by atoms with Gasteiger partial charge in [0.15, 0.2) is 0 Å². The van der Waals surface area contributed by atoms with E-state index in [9.17, 15) is 18.4 Å². The quantitative estimate of drug-likeness (QED) is 0.800. The van der Waals surface area contributed by atoms with E-state index < -0.39 is 28.9 Å². The molecule has 1 N–H and O–H groups in total. The lowest BCUT2D eigenvalue weighted by Crippen LogP contribution is -2.25. The van der Waals surface area contributed by atoms with E-state index >= 15 is 0 Å². The average molecular weight is 399 g/mol. The van der Waals surface area contributed by atoms with E-state index in [2.05, 4.69) is 21.2 Å². The number of nitrogens with zero attached hydrogens (tertiary/aromatic N) is 1. The summed E-state index contributed by atoms with van der Waals surface area (Å²) in [5, 5.41) is 2.49. The van der Waals surface area contributed by atoms with Crippen molar-refractivity contribution in [2.75, 3.05) is 5.32 Å². The van der Waals surface area contributed by atoms with Gasteiger partial charge in [0.2, 0.25) is 5.82 Å². The van der Waals surface area contributed by atoms with Gasteiger partial charge in [0.25, 0.3) is 5.56 Å². The lowest BCUT2D eigenvalue weighted by molar-refractivity contribution is 0.0472. The lowest BCUT2D eigenvalue weighted by atomic mass is 10.2. The van der Waals surface area contributed by atoms with Gasteiger partial charge in [0.1, 0.15) is 17.5 Å². The number of rotatable bonds is 4. The summed E-state index contributed by atoms with van der Waals surface area (Å²) in [6.07, 6.45) is 2.50. The molecule has 0 spiro atoms. The Morgan fingerprint density at radius 3 is 2.71 bits per heavy atom. The highest BCUT2D eigenvalue weighted by molar-refractivity contribution is 9.10. The van der Waals surface area contributed by atoms with Crippen LogP contribution in [0.2, 0.25) is 0 Å². The first-order valence-electron chi connectivity index (χ1n) is 7.19. The molecule has 3 rings (SSSR count). The predicted octanol–water partition coefficient (Wildman–Crippen LogP) is 3.49. The van der Waals surface area contributed by atoms with Crippen molar-refractivity contribution in [3.05, 3.63) is 56.4 Å². The van der Waals surface area contributed by atoms with Gasteiger partial charge < -0.3 is 14.6 Å². The number of benzene rings is 1. The number of aryl methyl sites for hydroxylation is 1. The smallest absolute Gasteiger partial charge is 0.342 e. The van der Waals surface area contributed by atoms with Crippen LogP contribution < -0.4 is 10.9 Å². The maximum atomic E-state index is 14.4. The van der Waals surface area contributed by atoms with Crippen molar-refractivity contribution in [3.63, 3.8) is 0 Å². The molecule has 0 saturated heterocycles. The maximum Gasteiger partial charge on any atom is 0.342 e. The molecule has 1 heterocycles. The van der Waals surface area contributed by atoms with Crippen molar-refractivity contribution in [1.82, 2.24) is 4.57 Å². The topological polar surface area (TPSA) is 60.3 Å². The summed E-state index contributed by atoms with van der Waals surface area (Å²) < 4.78 is 35.0. The highest BCUT2D eigenvalue weighted by atomic mass is 79.9. The van der Waals surface area contributed by atoms with E-state index in [0.29, 0.717) is 4.47 Å². The first-order chi connectivity index (χ1) is 11.4. The summed E-state index contributed by atoms with van der Waals surface area (Å²) in [5.41, 5.74) is -1.56. The van der Waals surface area contributed by atoms with E-state index in [4.69, 9.17) is 4.74 Å². The van der Waals surface area contributed by atoms with Crippen LogP contribution in [0.1, 0.15) is 23.2 Å². The van der Waals surface area contributed by atoms with Gasteiger partial charge in [-0.1, -0.05) is 15.9 Å². The number of esters is 1. The van der Waals surface area contributed by atoms with Gasteiger partial charge in [0, 0.05) is 17.7 Å². The normalized spacial score (nSPS) is 13.7. The van der Waals surface area contributed by atoms with Crippen molar-refractivity contribution in [2.24, 2.45) is 7.05 Å². The molecule has 0 amide bonds. The first-order valence-corrected chi connectivity index (χ1v) is 7.98. The summed E-state index contributed by atoms with van der Waals surface area (Å²) in [7, 11) is 1.32. The first kappa shape index (κ1) is 16.6. The average Bonchev–Trinajstić information content (AvgIpc) is 3.33. The van der Waals surface area contributed by atoms with Crippen molar-refractivity contribution in [3.8, 4) is 0 Å². The molecule has 1 aliphatic rings. The molecular weight excluding hydrogens is 386 g/mol. The monoisotopic (exact) mass is 398 g/mol. The third-order valence-corrected chi connectivity index (χ3v) is 4.02. The predicted molar refractivity (Wildman–Crippen MR) is 87.5 cm³/mol. The van der Waals surface area contributed by atoms with E-state index in [1.807, 2.05) is 0 Å². The number of nitrogens with one attached hydrogen (secondary N) is 1. The summed E-state index contributed by atoms with van der Waals surface area (Å²) in [5.74, 6) is -2.59. The Hall–Kier alpha value is -2.22. The number of hydrogen-bond acceptors (Lipinski definition) is 4. The largest absolute Gasteiger partial charge is 0.459 e. The molecule has 126 valence electrons. The number of carbonyl (C=O) groups excluding carboxylic acids is 1. The molecule has 24 heavy (non-hydrogen) atoms. The fraction of sp³-hybridized carbons (Fsp3) is 0.250. The number of aromatic nitrogens is 1. The number of ether oxygens (including phenoxy) is 1. The fourth-order valence-electron chi connectivity index (χ4n) is 2.10. The molecule has 0 bridgehead atoms. The molecule has 5 nitrogen and oxygen atoms in total. The van der Waals surface area contributed by atoms with Gasteiger partial charge >= 0.3 is 5.97 Å². The van der Waals surface area contributed by atoms with E-state index in [1.54, 1.807) is 6.07 Å². The number of carbonyl (C=O) groups is 1. The molecule has 1 aliphatic carbocycles. The van der Waals surface area contributed by atoms with E-state index in [0.717, 1.165) is 17.4 Å². The molecule has 2 aromatic rings. The molecule has 1 saturated carbocycles. The van der Waals surface area contributed by atoms with Crippen molar-refractivity contribution in [2.45, 2.75) is 18.9 Å². The van der Waals surface area contributed by atoms with Crippen molar-refractivity contribution in [1.29, 1.82) is 0 Å². The van der Waals surface area contributed by atoms with Crippen molar-refractivity contribution < 1.29 is 18.3 Å². The second-order valence-corrected chi connectivity index (χ2v) is 6.42. The number of halogens is 3. The lowest BCUT2D eigenvalue weighted by Gasteiger charge is -2.14. The van der Waals surface area contributed by atoms with Crippen LogP contribution in [0.3, 0.4) is 0 Å². The van der Waals surface area contributed by atoms with Gasteiger partial charge in [-0.05, 0) is 31.0 Å². The maximum absolute atomic E-state index is 14.4. The molecule has 1 aromatic heterocycles. The summed E-state index contributed by atoms with van der Waals surface area (Å²) in [4.78, 5) is 24.0. The molecule has 1 fully saturated rings. The molecule has 0 atom stereocenters. The van der Waals surface area contributed by atoms with Gasteiger partial charge in [-0.25, -0.2) is 9.18 Å². The van der Waals surface area contributed by atoms with Gasteiger partial charge in [-0.15, -0.1) is 0 Å². The van der Waals surface area contributed by atoms with E-state index in [1.165, 1.54) is 25.4 Å². The van der Waals surface area contributed by atoms with Crippen LogP contribution in [0, 0.1) is 11.6 Å². The Morgan fingerprint density at radius 1 is 1.38 bits per heavy atom. The molecule has 1 aromatic carbocycles. The van der Waals surface area contributed by atoms with Gasteiger partial charge in [-0.2, -0.15) is 4.39 Å². The molecule has 0 radical (unpaired) electrons. The second kappa shape index (κ2) is 6.35. The molecular formula is C16H13BrF2N2O3. The minimum atomic E-state index is -1.18. The van der Waals surface area contributed by atoms with Crippen LogP contribution in [0.15, 0.2) is 33.7 Å². The zero-order valence-electron chi connectivity index (χ0n) is 12.6. The number of hydrogen-bond donors (Lipinski definition) is 1. The Bertz CT molecular complexity index is 878. The van der Waals surface area contributed by atoms with Crippen LogP contribution in [-0.4, -0.2) is 16.6 Å². The summed E-state index contributed by atoms with van der Waals surface area (Å²) in [6.45, 7) is 0. The Labute approximate surface area is 144 Å². The summed E-state index contributed by atoms with van der Waals surface area (Å²) in [6, 6.07) is 4.10. The molecule has 0 unspecified atom stereocenters. The van der Waals surface area contributed by atoms with Gasteiger partial charge in [0.05, 0.1) is 11.4 Å². The standard InChI is InChI=1S/C16H13BrF2N2O3/c1-21-7-10(16(23)24-9-3-4-9)14(13(19)15(21)22)20-12-5-2-8(17)6-11(12)18/h2,5-7,9,20H,3-4H2,1H3. The van der Waals surface area contributed by atoms with Crippen LogP contribution in [0.4, 0.5) is 20.2 Å².